The van der Waals surface area contributed by atoms with Gasteiger partial charge in [0.15, 0.2) is 0 Å². The SMILES string of the molecule is CC[C@@H](C)N(CC(N)=O)C(=O)CN(C(=O)CN(C[C@@H](C)O)C(=O)CN(C[C@@H](C)O)C(=O)CN(C(=O)CN(C(=O)CN(C[C@@H](C)O)C(=O)CN(C[C@@H](C)O)C(=O)CN(C(=O)CN[C@@H](C)CC)[C@H](C)CC)[C@@H](C)CC)[C@H](C)CC)[C@@H](C)CC. The maximum absolute atomic E-state index is 14.5. The van der Waals surface area contributed by atoms with Gasteiger partial charge in [-0.3, -0.25) is 47.9 Å². The van der Waals surface area contributed by atoms with Gasteiger partial charge in [-0.15, -0.1) is 0 Å². The number of carbonyl (C=O) groups is 10. The van der Waals surface area contributed by atoms with Crippen LogP contribution >= 0.6 is 0 Å². The van der Waals surface area contributed by atoms with E-state index in [4.69, 9.17) is 5.73 Å². The van der Waals surface area contributed by atoms with Crippen molar-refractivity contribution in [2.45, 2.75) is 210 Å². The van der Waals surface area contributed by atoms with Crippen LogP contribution in [0.2, 0.25) is 0 Å². The van der Waals surface area contributed by atoms with Gasteiger partial charge in [-0.25, -0.2) is 0 Å². The largest absolute Gasteiger partial charge is 0.392 e. The minimum Gasteiger partial charge on any atom is -0.392 e. The van der Waals surface area contributed by atoms with Crippen LogP contribution in [0.15, 0.2) is 0 Å². The molecule has 7 N–H and O–H groups in total. The van der Waals surface area contributed by atoms with Gasteiger partial charge in [0.25, 0.3) is 0 Å². The maximum Gasteiger partial charge on any atom is 0.242 e. The van der Waals surface area contributed by atoms with Crippen LogP contribution in [-0.2, 0) is 47.9 Å². The second-order valence-corrected chi connectivity index (χ2v) is 22.0. The van der Waals surface area contributed by atoms with E-state index in [9.17, 15) is 68.4 Å². The van der Waals surface area contributed by atoms with Crippen molar-refractivity contribution in [2.75, 3.05) is 91.6 Å². The van der Waals surface area contributed by atoms with Gasteiger partial charge < -0.3 is 75.6 Å². The van der Waals surface area contributed by atoms with E-state index in [1.807, 2.05) is 27.7 Å². The van der Waals surface area contributed by atoms with Crippen molar-refractivity contribution >= 4 is 59.1 Å². The summed E-state index contributed by atoms with van der Waals surface area (Å²) in [7, 11) is 0. The molecule has 0 rings (SSSR count). The fourth-order valence-corrected chi connectivity index (χ4v) is 8.52. The highest BCUT2D eigenvalue weighted by molar-refractivity contribution is 5.94. The number of hydrogen-bond donors (Lipinski definition) is 6. The zero-order chi connectivity index (χ0) is 62.6. The number of primary amides is 1. The molecule has 25 nitrogen and oxygen atoms in total. The molecule has 0 aromatic heterocycles. The summed E-state index contributed by atoms with van der Waals surface area (Å²) in [6, 6.07) is -2.37. The number of nitrogens with one attached hydrogen (secondary N) is 1. The Labute approximate surface area is 482 Å². The van der Waals surface area contributed by atoms with Gasteiger partial charge in [-0.1, -0.05) is 41.5 Å². The van der Waals surface area contributed by atoms with Gasteiger partial charge in [0, 0.05) is 62.4 Å². The normalized spacial score (nSPS) is 15.0. The Morgan fingerprint density at radius 1 is 0.321 bits per heavy atom. The molecule has 0 spiro atoms. The molecule has 0 saturated heterocycles. The lowest BCUT2D eigenvalue weighted by Crippen LogP contribution is -2.56. The lowest BCUT2D eigenvalue weighted by Gasteiger charge is -2.36. The van der Waals surface area contributed by atoms with Gasteiger partial charge in [-0.05, 0) is 108 Å². The Kier molecular flexibility index (Phi) is 35.7. The molecular formula is C56H105N11O14. The van der Waals surface area contributed by atoms with Crippen LogP contribution in [0.5, 0.6) is 0 Å². The third kappa shape index (κ3) is 27.4. The van der Waals surface area contributed by atoms with Gasteiger partial charge in [0.2, 0.25) is 59.1 Å². The van der Waals surface area contributed by atoms with Crippen LogP contribution in [0.4, 0.5) is 0 Å². The molecule has 0 unspecified atom stereocenters. The lowest BCUT2D eigenvalue weighted by molar-refractivity contribution is -0.152. The summed E-state index contributed by atoms with van der Waals surface area (Å²) in [5.41, 5.74) is 5.44. The van der Waals surface area contributed by atoms with Crippen LogP contribution < -0.4 is 11.1 Å². The van der Waals surface area contributed by atoms with Gasteiger partial charge in [0.05, 0.1) is 63.7 Å². The first-order valence-corrected chi connectivity index (χ1v) is 29.1. The number of carbonyl (C=O) groups excluding carboxylic acids is 10. The zero-order valence-electron chi connectivity index (χ0n) is 51.9. The molecule has 0 radical (unpaired) electrons. The van der Waals surface area contributed by atoms with Gasteiger partial charge in [0.1, 0.15) is 26.2 Å². The Morgan fingerprint density at radius 2 is 0.531 bits per heavy atom. The van der Waals surface area contributed by atoms with Crippen molar-refractivity contribution in [3.05, 3.63) is 0 Å². The van der Waals surface area contributed by atoms with E-state index in [0.717, 1.165) is 26.0 Å². The van der Waals surface area contributed by atoms with Crippen molar-refractivity contribution in [1.29, 1.82) is 0 Å². The Morgan fingerprint density at radius 3 is 0.765 bits per heavy atom. The Bertz CT molecular complexity index is 2010. The van der Waals surface area contributed by atoms with Crippen molar-refractivity contribution in [2.24, 2.45) is 5.73 Å². The topological polar surface area (TPSA) is 319 Å². The standard InChI is InChI=1S/C56H105N11O14/c1-17-37(7)58-23-48(73)64(39(9)19-3)33-51(76)59(24-43(13)68)29-49(74)62(27-46(16)71)32-54(79)67(42(12)22-6)36-56(81)65(40(10)20-4)34-52(77)60(25-44(14)69)30-50(75)61(26-45(15)70)31-53(78)66(41(11)21-5)35-55(80)63(28-47(57)72)38(8)18-2/h37-46,58,68-71H,17-36H2,1-16H3,(H2,57,72)/t37-,38+,39+,40+,41-,42-,43+,44+,45+,46+/m0/s1. The number of hydrogen-bond acceptors (Lipinski definition) is 15. The smallest absolute Gasteiger partial charge is 0.242 e. The molecule has 0 aliphatic carbocycles. The predicted octanol–water partition coefficient (Wildman–Crippen LogP) is -0.167. The minimum atomic E-state index is -1.17. The molecule has 0 aromatic carbocycles. The predicted molar refractivity (Wildman–Crippen MR) is 307 cm³/mol. The van der Waals surface area contributed by atoms with Crippen molar-refractivity contribution < 1.29 is 68.4 Å². The molecule has 0 heterocycles. The van der Waals surface area contributed by atoms with Crippen LogP contribution in [0.25, 0.3) is 0 Å². The van der Waals surface area contributed by atoms with Crippen LogP contribution in [-0.4, -0.2) is 276 Å². The summed E-state index contributed by atoms with van der Waals surface area (Å²) in [6.07, 6.45) is -1.60. The fourth-order valence-electron chi connectivity index (χ4n) is 8.52. The number of nitrogens with zero attached hydrogens (tertiary/aromatic N) is 9. The van der Waals surface area contributed by atoms with Crippen LogP contribution in [0.3, 0.4) is 0 Å². The molecule has 0 aliphatic heterocycles. The Balaban J connectivity index is 6.88. The van der Waals surface area contributed by atoms with Crippen LogP contribution in [0, 0.1) is 0 Å². The summed E-state index contributed by atoms with van der Waals surface area (Å²) in [5.74, 6) is -6.53. The van der Waals surface area contributed by atoms with Crippen LogP contribution in [0.1, 0.15) is 149 Å². The van der Waals surface area contributed by atoms with E-state index in [1.54, 1.807) is 55.4 Å². The fraction of sp³-hybridized carbons (Fsp3) is 0.821. The van der Waals surface area contributed by atoms with Crippen molar-refractivity contribution in [1.82, 2.24) is 49.4 Å². The highest BCUT2D eigenvalue weighted by atomic mass is 16.3. The number of amides is 10. The highest BCUT2D eigenvalue weighted by Gasteiger charge is 2.35. The monoisotopic (exact) mass is 1160 g/mol. The molecule has 25 heteroatoms. The highest BCUT2D eigenvalue weighted by Crippen LogP contribution is 2.15. The van der Waals surface area contributed by atoms with Gasteiger partial charge in [-0.2, -0.15) is 0 Å². The summed E-state index contributed by atoms with van der Waals surface area (Å²) >= 11 is 0. The van der Waals surface area contributed by atoms with E-state index >= 15 is 0 Å². The number of rotatable bonds is 40. The number of nitrogens with two attached hydrogens (primary N) is 1. The number of aliphatic hydroxyl groups is 4. The summed E-state index contributed by atoms with van der Waals surface area (Å²) in [6.45, 7) is 21.0. The zero-order valence-corrected chi connectivity index (χ0v) is 51.9. The molecule has 0 aliphatic rings. The molecule has 0 fully saturated rings. The second kappa shape index (κ2) is 38.3. The Hall–Kier alpha value is -5.50. The quantitative estimate of drug-likeness (QED) is 0.0464. The van der Waals surface area contributed by atoms with Gasteiger partial charge >= 0.3 is 0 Å². The van der Waals surface area contributed by atoms with Crippen molar-refractivity contribution in [3.63, 3.8) is 0 Å². The van der Waals surface area contributed by atoms with E-state index in [0.29, 0.717) is 32.1 Å². The molecule has 10 atom stereocenters. The van der Waals surface area contributed by atoms with E-state index in [-0.39, 0.29) is 69.8 Å². The van der Waals surface area contributed by atoms with E-state index in [1.165, 1.54) is 52.2 Å². The summed E-state index contributed by atoms with van der Waals surface area (Å²) in [4.78, 5) is 149. The van der Waals surface area contributed by atoms with E-state index in [2.05, 4.69) is 5.32 Å². The first-order chi connectivity index (χ1) is 37.7. The van der Waals surface area contributed by atoms with Crippen molar-refractivity contribution in [3.8, 4) is 0 Å². The third-order valence-corrected chi connectivity index (χ3v) is 14.6. The first-order valence-electron chi connectivity index (χ1n) is 29.1. The minimum absolute atomic E-state index is 0.0168. The third-order valence-electron chi connectivity index (χ3n) is 14.6. The maximum atomic E-state index is 14.5. The molecule has 0 saturated carbocycles. The first kappa shape index (κ1) is 75.5. The lowest BCUT2D eigenvalue weighted by atomic mass is 10.1. The molecule has 468 valence electrons. The number of aliphatic hydroxyl groups excluding tert-OH is 4. The molecule has 0 bridgehead atoms. The van der Waals surface area contributed by atoms with E-state index < -0.39 is 142 Å². The molecule has 0 aromatic rings. The summed E-state index contributed by atoms with van der Waals surface area (Å²) in [5, 5.41) is 45.2. The average Bonchev–Trinajstić information content (AvgIpc) is 3.39. The average molecular weight is 1160 g/mol. The molecule has 81 heavy (non-hydrogen) atoms. The summed E-state index contributed by atoms with van der Waals surface area (Å²) < 4.78 is 0. The molecule has 10 amide bonds. The second-order valence-electron chi connectivity index (χ2n) is 22.0. The molecular weight excluding hydrogens is 1050 g/mol.